The van der Waals surface area contributed by atoms with Crippen molar-refractivity contribution in [1.82, 2.24) is 0 Å². The van der Waals surface area contributed by atoms with Gasteiger partial charge in [0, 0.05) is 5.92 Å². The fourth-order valence-corrected chi connectivity index (χ4v) is 4.61. The number of rotatable bonds is 4. The molecule has 0 saturated heterocycles. The normalized spacial score (nSPS) is 25.5. The maximum atomic E-state index is 11.3. The van der Waals surface area contributed by atoms with Gasteiger partial charge in [0.2, 0.25) is 0 Å². The maximum absolute atomic E-state index is 11.3. The fourth-order valence-electron chi connectivity index (χ4n) is 4.61. The third-order valence-corrected chi connectivity index (χ3v) is 5.94. The highest BCUT2D eigenvalue weighted by atomic mass is 16.3. The molecule has 3 rings (SSSR count). The molecule has 0 spiro atoms. The van der Waals surface area contributed by atoms with Crippen LogP contribution in [0.2, 0.25) is 0 Å². The molecule has 122 valence electrons. The maximum Gasteiger partial charge on any atom is 0.0717 e. The Morgan fingerprint density at radius 3 is 1.91 bits per heavy atom. The second-order valence-electron chi connectivity index (χ2n) is 7.62. The lowest BCUT2D eigenvalue weighted by molar-refractivity contribution is -0.0692. The average Bonchev–Trinajstić information content (AvgIpc) is 2.55. The minimum atomic E-state index is -0.632. The first-order valence-electron chi connectivity index (χ1n) is 9.11. The van der Waals surface area contributed by atoms with Gasteiger partial charge in [0.1, 0.15) is 0 Å². The van der Waals surface area contributed by atoms with Crippen LogP contribution in [0.5, 0.6) is 0 Å². The van der Waals surface area contributed by atoms with Gasteiger partial charge in [-0.15, -0.1) is 0 Å². The number of hydrogen-bond acceptors (Lipinski definition) is 2. The van der Waals surface area contributed by atoms with Gasteiger partial charge >= 0.3 is 0 Å². The molecule has 0 aliphatic heterocycles. The quantitative estimate of drug-likeness (QED) is 0.856. The van der Waals surface area contributed by atoms with E-state index in [-0.39, 0.29) is 5.92 Å². The third kappa shape index (κ3) is 3.55. The molecule has 2 saturated carbocycles. The van der Waals surface area contributed by atoms with Crippen LogP contribution in [0.25, 0.3) is 0 Å². The Labute approximate surface area is 134 Å². The molecule has 2 N–H and O–H groups in total. The topological polar surface area (TPSA) is 40.5 Å². The highest BCUT2D eigenvalue weighted by Gasteiger charge is 2.43. The van der Waals surface area contributed by atoms with E-state index in [4.69, 9.17) is 0 Å². The molecular weight excluding hydrogens is 272 g/mol. The van der Waals surface area contributed by atoms with Crippen molar-refractivity contribution in [2.24, 2.45) is 0 Å². The zero-order valence-corrected chi connectivity index (χ0v) is 13.6. The lowest BCUT2D eigenvalue weighted by atomic mass is 9.67. The predicted octanol–water partition coefficient (Wildman–Crippen LogP) is 4.55. The van der Waals surface area contributed by atoms with Crippen molar-refractivity contribution >= 4 is 0 Å². The molecule has 2 aliphatic carbocycles. The minimum Gasteiger partial charge on any atom is -0.390 e. The Kier molecular flexibility index (Phi) is 4.89. The van der Waals surface area contributed by atoms with Crippen LogP contribution in [0.1, 0.15) is 82.1 Å². The molecule has 1 aromatic carbocycles. The zero-order valence-electron chi connectivity index (χ0n) is 13.6. The summed E-state index contributed by atoms with van der Waals surface area (Å²) in [6.07, 6.45) is 11.2. The minimum absolute atomic E-state index is 0.0668. The summed E-state index contributed by atoms with van der Waals surface area (Å²) in [5, 5.41) is 22.4. The molecular formula is C20H30O2. The van der Waals surface area contributed by atoms with Gasteiger partial charge in [0.15, 0.2) is 0 Å². The zero-order chi connectivity index (χ0) is 15.5. The summed E-state index contributed by atoms with van der Waals surface area (Å²) in [5.74, 6) is 0.0668. The number of aliphatic hydroxyl groups is 2. The van der Waals surface area contributed by atoms with E-state index in [9.17, 15) is 10.2 Å². The first-order chi connectivity index (χ1) is 10.6. The summed E-state index contributed by atoms with van der Waals surface area (Å²) in [6, 6.07) is 10.4. The summed E-state index contributed by atoms with van der Waals surface area (Å²) in [6.45, 7) is 0. The van der Waals surface area contributed by atoms with Crippen LogP contribution in [0, 0.1) is 0 Å². The Morgan fingerprint density at radius 2 is 1.32 bits per heavy atom. The summed E-state index contributed by atoms with van der Waals surface area (Å²) in [7, 11) is 0. The van der Waals surface area contributed by atoms with Gasteiger partial charge in [-0.05, 0) is 37.7 Å². The van der Waals surface area contributed by atoms with E-state index in [0.717, 1.165) is 51.4 Å². The molecule has 2 aliphatic rings. The molecule has 0 amide bonds. The van der Waals surface area contributed by atoms with E-state index in [1.165, 1.54) is 18.4 Å². The SMILES string of the molecule is OC1(CC(c2ccccc2)C2(O)CCCCC2)CCCCC1. The monoisotopic (exact) mass is 302 g/mol. The predicted molar refractivity (Wildman–Crippen MR) is 89.9 cm³/mol. The summed E-state index contributed by atoms with van der Waals surface area (Å²) >= 11 is 0. The summed E-state index contributed by atoms with van der Waals surface area (Å²) in [4.78, 5) is 0. The van der Waals surface area contributed by atoms with Gasteiger partial charge in [-0.25, -0.2) is 0 Å². The molecule has 0 bridgehead atoms. The first kappa shape index (κ1) is 16.0. The smallest absolute Gasteiger partial charge is 0.0717 e. The molecule has 0 radical (unpaired) electrons. The van der Waals surface area contributed by atoms with Crippen molar-refractivity contribution in [1.29, 1.82) is 0 Å². The highest BCUT2D eigenvalue weighted by molar-refractivity contribution is 5.24. The Bertz CT molecular complexity index is 456. The highest BCUT2D eigenvalue weighted by Crippen LogP contribution is 2.46. The lowest BCUT2D eigenvalue weighted by Crippen LogP contribution is -2.44. The van der Waals surface area contributed by atoms with Gasteiger partial charge in [0.05, 0.1) is 11.2 Å². The molecule has 0 heterocycles. The van der Waals surface area contributed by atoms with E-state index in [1.807, 2.05) is 6.07 Å². The van der Waals surface area contributed by atoms with Gasteiger partial charge < -0.3 is 10.2 Å². The van der Waals surface area contributed by atoms with Crippen LogP contribution >= 0.6 is 0 Å². The molecule has 1 unspecified atom stereocenters. The Hall–Kier alpha value is -0.860. The second-order valence-corrected chi connectivity index (χ2v) is 7.62. The molecule has 2 fully saturated rings. The molecule has 2 nitrogen and oxygen atoms in total. The standard InChI is InChI=1S/C20H30O2/c21-19(12-6-2-7-13-19)16-18(17-10-4-1-5-11-17)20(22)14-8-3-9-15-20/h1,4-5,10-11,18,21-22H,2-3,6-9,12-16H2. The van der Waals surface area contributed by atoms with Gasteiger partial charge in [0.25, 0.3) is 0 Å². The van der Waals surface area contributed by atoms with Crippen molar-refractivity contribution in [3.05, 3.63) is 35.9 Å². The van der Waals surface area contributed by atoms with Crippen LogP contribution in [0.4, 0.5) is 0 Å². The Morgan fingerprint density at radius 1 is 0.773 bits per heavy atom. The van der Waals surface area contributed by atoms with Gasteiger partial charge in [-0.3, -0.25) is 0 Å². The molecule has 2 heteroatoms. The molecule has 0 aromatic heterocycles. The van der Waals surface area contributed by atoms with Crippen molar-refractivity contribution < 1.29 is 10.2 Å². The van der Waals surface area contributed by atoms with E-state index < -0.39 is 11.2 Å². The molecule has 1 atom stereocenters. The molecule has 1 aromatic rings. The first-order valence-corrected chi connectivity index (χ1v) is 9.11. The van der Waals surface area contributed by atoms with Crippen LogP contribution < -0.4 is 0 Å². The third-order valence-electron chi connectivity index (χ3n) is 5.94. The van der Waals surface area contributed by atoms with Crippen molar-refractivity contribution in [3.8, 4) is 0 Å². The average molecular weight is 302 g/mol. The van der Waals surface area contributed by atoms with Gasteiger partial charge in [-0.1, -0.05) is 68.9 Å². The largest absolute Gasteiger partial charge is 0.390 e. The second kappa shape index (κ2) is 6.72. The van der Waals surface area contributed by atoms with E-state index >= 15 is 0 Å². The van der Waals surface area contributed by atoms with E-state index in [2.05, 4.69) is 24.3 Å². The van der Waals surface area contributed by atoms with E-state index in [0.29, 0.717) is 6.42 Å². The van der Waals surface area contributed by atoms with Crippen LogP contribution in [0.3, 0.4) is 0 Å². The van der Waals surface area contributed by atoms with Crippen molar-refractivity contribution in [2.75, 3.05) is 0 Å². The Balaban J connectivity index is 1.86. The van der Waals surface area contributed by atoms with Gasteiger partial charge in [-0.2, -0.15) is 0 Å². The van der Waals surface area contributed by atoms with Crippen LogP contribution in [0.15, 0.2) is 30.3 Å². The van der Waals surface area contributed by atoms with Crippen molar-refractivity contribution in [3.63, 3.8) is 0 Å². The molecule has 22 heavy (non-hydrogen) atoms. The summed E-state index contributed by atoms with van der Waals surface area (Å²) < 4.78 is 0. The van der Waals surface area contributed by atoms with E-state index in [1.54, 1.807) is 0 Å². The number of benzene rings is 1. The fraction of sp³-hybridized carbons (Fsp3) is 0.700. The lowest BCUT2D eigenvalue weighted by Gasteiger charge is -2.44. The van der Waals surface area contributed by atoms with Crippen LogP contribution in [-0.4, -0.2) is 21.4 Å². The van der Waals surface area contributed by atoms with Crippen molar-refractivity contribution in [2.45, 2.75) is 87.7 Å². The summed E-state index contributed by atoms with van der Waals surface area (Å²) in [5.41, 5.74) is -0.00970. The van der Waals surface area contributed by atoms with Crippen LogP contribution in [-0.2, 0) is 0 Å². The number of hydrogen-bond donors (Lipinski definition) is 2.